The Hall–Kier alpha value is -1.47. The molecule has 1 aromatic rings. The van der Waals surface area contributed by atoms with Crippen LogP contribution < -0.4 is 5.14 Å². The zero-order valence-electron chi connectivity index (χ0n) is 12.5. The number of amides is 1. The fourth-order valence-electron chi connectivity index (χ4n) is 2.03. The van der Waals surface area contributed by atoms with Gasteiger partial charge in [0, 0.05) is 13.6 Å². The number of primary sulfonamides is 1. The monoisotopic (exact) mass is 316 g/mol. The van der Waals surface area contributed by atoms with Gasteiger partial charge in [0.2, 0.25) is 10.0 Å². The minimum Gasteiger partial charge on any atom is -0.342 e. The number of benzene rings is 1. The molecule has 0 aliphatic carbocycles. The van der Waals surface area contributed by atoms with E-state index in [-0.39, 0.29) is 16.0 Å². The highest BCUT2D eigenvalue weighted by Gasteiger charge is 2.21. The van der Waals surface area contributed by atoms with Crippen LogP contribution in [0.15, 0.2) is 17.0 Å². The van der Waals surface area contributed by atoms with Gasteiger partial charge >= 0.3 is 0 Å². The van der Waals surface area contributed by atoms with Crippen molar-refractivity contribution in [2.75, 3.05) is 13.6 Å². The summed E-state index contributed by atoms with van der Waals surface area (Å²) in [4.78, 5) is 13.4. The standard InChI is InChI=1S/C14H21FN2O3S/c1-4-5-6-7-17(3)14(18)11-9-13(21(16,19)20)10(2)8-12(11)15/h8-9H,4-7H2,1-3H3,(H2,16,19,20). The minimum atomic E-state index is -3.99. The van der Waals surface area contributed by atoms with Crippen LogP contribution in [0.4, 0.5) is 4.39 Å². The van der Waals surface area contributed by atoms with Crippen molar-refractivity contribution in [2.24, 2.45) is 5.14 Å². The molecule has 0 saturated carbocycles. The molecular weight excluding hydrogens is 295 g/mol. The number of sulfonamides is 1. The number of hydrogen-bond acceptors (Lipinski definition) is 3. The fourth-order valence-corrected chi connectivity index (χ4v) is 2.82. The fraction of sp³-hybridized carbons (Fsp3) is 0.500. The number of nitrogens with two attached hydrogens (primary N) is 1. The first-order valence-electron chi connectivity index (χ1n) is 6.77. The molecule has 0 saturated heterocycles. The molecule has 0 unspecified atom stereocenters. The SMILES string of the molecule is CCCCCN(C)C(=O)c1cc(S(N)(=O)=O)c(C)cc1F. The van der Waals surface area contributed by atoms with Crippen LogP contribution >= 0.6 is 0 Å². The smallest absolute Gasteiger partial charge is 0.256 e. The van der Waals surface area contributed by atoms with E-state index < -0.39 is 21.7 Å². The van der Waals surface area contributed by atoms with E-state index in [4.69, 9.17) is 5.14 Å². The molecule has 118 valence electrons. The van der Waals surface area contributed by atoms with E-state index in [0.29, 0.717) is 6.54 Å². The molecule has 0 aliphatic heterocycles. The lowest BCUT2D eigenvalue weighted by Gasteiger charge is -2.18. The second-order valence-corrected chi connectivity index (χ2v) is 6.61. The van der Waals surface area contributed by atoms with Gasteiger partial charge in [0.15, 0.2) is 0 Å². The van der Waals surface area contributed by atoms with Crippen molar-refractivity contribution >= 4 is 15.9 Å². The van der Waals surface area contributed by atoms with E-state index in [1.807, 2.05) is 6.92 Å². The third-order valence-electron chi connectivity index (χ3n) is 3.25. The van der Waals surface area contributed by atoms with Crippen LogP contribution in [0.25, 0.3) is 0 Å². The topological polar surface area (TPSA) is 80.5 Å². The first-order chi connectivity index (χ1) is 9.68. The van der Waals surface area contributed by atoms with E-state index in [1.165, 1.54) is 11.8 Å². The normalized spacial score (nSPS) is 11.5. The van der Waals surface area contributed by atoms with E-state index in [1.54, 1.807) is 7.05 Å². The van der Waals surface area contributed by atoms with Crippen molar-refractivity contribution in [2.45, 2.75) is 38.0 Å². The molecule has 0 bridgehead atoms. The molecule has 0 heterocycles. The molecule has 0 radical (unpaired) electrons. The summed E-state index contributed by atoms with van der Waals surface area (Å²) in [7, 11) is -2.43. The van der Waals surface area contributed by atoms with Gasteiger partial charge in [-0.2, -0.15) is 0 Å². The Morgan fingerprint density at radius 1 is 1.33 bits per heavy atom. The molecule has 0 aliphatic rings. The van der Waals surface area contributed by atoms with Gasteiger partial charge in [-0.3, -0.25) is 4.79 Å². The summed E-state index contributed by atoms with van der Waals surface area (Å²) >= 11 is 0. The lowest BCUT2D eigenvalue weighted by atomic mass is 10.1. The second-order valence-electron chi connectivity index (χ2n) is 5.08. The zero-order valence-corrected chi connectivity index (χ0v) is 13.3. The third-order valence-corrected chi connectivity index (χ3v) is 4.30. The van der Waals surface area contributed by atoms with Gasteiger partial charge < -0.3 is 4.90 Å². The summed E-state index contributed by atoms with van der Waals surface area (Å²) < 4.78 is 36.8. The Morgan fingerprint density at radius 2 is 1.95 bits per heavy atom. The van der Waals surface area contributed by atoms with E-state index >= 15 is 0 Å². The quantitative estimate of drug-likeness (QED) is 0.816. The highest BCUT2D eigenvalue weighted by atomic mass is 32.2. The lowest BCUT2D eigenvalue weighted by Crippen LogP contribution is -2.29. The van der Waals surface area contributed by atoms with Gasteiger partial charge in [-0.1, -0.05) is 19.8 Å². The number of unbranched alkanes of at least 4 members (excludes halogenated alkanes) is 2. The van der Waals surface area contributed by atoms with Crippen molar-refractivity contribution in [1.29, 1.82) is 0 Å². The summed E-state index contributed by atoms with van der Waals surface area (Å²) in [5.74, 6) is -1.29. The van der Waals surface area contributed by atoms with Gasteiger partial charge in [-0.15, -0.1) is 0 Å². The molecule has 0 atom stereocenters. The second kappa shape index (κ2) is 7.00. The highest BCUT2D eigenvalue weighted by Crippen LogP contribution is 2.20. The highest BCUT2D eigenvalue weighted by molar-refractivity contribution is 7.89. The van der Waals surface area contributed by atoms with Gasteiger partial charge in [-0.05, 0) is 31.0 Å². The lowest BCUT2D eigenvalue weighted by molar-refractivity contribution is 0.0787. The van der Waals surface area contributed by atoms with Gasteiger partial charge in [0.05, 0.1) is 10.5 Å². The first-order valence-corrected chi connectivity index (χ1v) is 8.31. The van der Waals surface area contributed by atoms with E-state index in [0.717, 1.165) is 31.4 Å². The molecule has 0 aromatic heterocycles. The average molecular weight is 316 g/mol. The molecule has 1 rings (SSSR count). The molecule has 0 fully saturated rings. The van der Waals surface area contributed by atoms with Gasteiger partial charge in [0.25, 0.3) is 5.91 Å². The first kappa shape index (κ1) is 17.6. The molecular formula is C14H21FN2O3S. The summed E-state index contributed by atoms with van der Waals surface area (Å²) in [6.45, 7) is 3.96. The Morgan fingerprint density at radius 3 is 2.48 bits per heavy atom. The number of nitrogens with zero attached hydrogens (tertiary/aromatic N) is 1. The van der Waals surface area contributed by atoms with Crippen LogP contribution in [-0.4, -0.2) is 32.8 Å². The Kier molecular flexibility index (Phi) is 5.86. The predicted molar refractivity (Wildman–Crippen MR) is 79.0 cm³/mol. The Labute approximate surface area is 125 Å². The summed E-state index contributed by atoms with van der Waals surface area (Å²) in [6, 6.07) is 2.03. The summed E-state index contributed by atoms with van der Waals surface area (Å²) in [6.07, 6.45) is 2.79. The van der Waals surface area contributed by atoms with Gasteiger partial charge in [0.1, 0.15) is 5.82 Å². The number of halogens is 1. The minimum absolute atomic E-state index is 0.181. The third kappa shape index (κ3) is 4.50. The average Bonchev–Trinajstić information content (AvgIpc) is 2.36. The number of carbonyl (C=O) groups is 1. The molecule has 5 nitrogen and oxygen atoms in total. The van der Waals surface area contributed by atoms with Gasteiger partial charge in [-0.25, -0.2) is 17.9 Å². The van der Waals surface area contributed by atoms with Crippen LogP contribution in [0.5, 0.6) is 0 Å². The maximum atomic E-state index is 13.9. The van der Waals surface area contributed by atoms with Crippen molar-refractivity contribution in [3.63, 3.8) is 0 Å². The number of aryl methyl sites for hydroxylation is 1. The van der Waals surface area contributed by atoms with Crippen LogP contribution in [0.2, 0.25) is 0 Å². The zero-order chi connectivity index (χ0) is 16.2. The van der Waals surface area contributed by atoms with Crippen LogP contribution in [0, 0.1) is 12.7 Å². The van der Waals surface area contributed by atoms with Crippen molar-refractivity contribution in [3.05, 3.63) is 29.1 Å². The predicted octanol–water partition coefficient (Wildman–Crippen LogP) is 2.04. The molecule has 1 amide bonds. The Bertz CT molecular complexity index is 629. The number of hydrogen-bond donors (Lipinski definition) is 1. The largest absolute Gasteiger partial charge is 0.342 e. The number of rotatable bonds is 6. The van der Waals surface area contributed by atoms with Crippen LogP contribution in [0.3, 0.4) is 0 Å². The van der Waals surface area contributed by atoms with Crippen LogP contribution in [0.1, 0.15) is 42.1 Å². The van der Waals surface area contributed by atoms with Crippen molar-refractivity contribution in [3.8, 4) is 0 Å². The molecule has 2 N–H and O–H groups in total. The summed E-state index contributed by atoms with van der Waals surface area (Å²) in [5, 5.41) is 5.08. The van der Waals surface area contributed by atoms with Crippen molar-refractivity contribution < 1.29 is 17.6 Å². The number of carbonyl (C=O) groups excluding carboxylic acids is 1. The molecule has 7 heteroatoms. The molecule has 1 aromatic carbocycles. The maximum absolute atomic E-state index is 13.9. The van der Waals surface area contributed by atoms with E-state index in [2.05, 4.69) is 0 Å². The Balaban J connectivity index is 3.10. The molecule has 21 heavy (non-hydrogen) atoms. The van der Waals surface area contributed by atoms with Crippen LogP contribution in [-0.2, 0) is 10.0 Å². The molecule has 0 spiro atoms. The van der Waals surface area contributed by atoms with E-state index in [9.17, 15) is 17.6 Å². The summed E-state index contributed by atoms with van der Waals surface area (Å²) in [5.41, 5.74) is -0.0937. The van der Waals surface area contributed by atoms with Crippen molar-refractivity contribution in [1.82, 2.24) is 4.90 Å². The maximum Gasteiger partial charge on any atom is 0.256 e.